The minimum atomic E-state index is -0.659. The van der Waals surface area contributed by atoms with Crippen LogP contribution in [-0.4, -0.2) is 103 Å². The van der Waals surface area contributed by atoms with Crippen LogP contribution in [-0.2, 0) is 23.9 Å². The van der Waals surface area contributed by atoms with Crippen molar-refractivity contribution < 1.29 is 43.4 Å². The van der Waals surface area contributed by atoms with Gasteiger partial charge in [0.15, 0.2) is 0 Å². The molecule has 4 atom stereocenters. The quantitative estimate of drug-likeness (QED) is 0.0317. The van der Waals surface area contributed by atoms with Crippen molar-refractivity contribution in [3.63, 3.8) is 0 Å². The summed E-state index contributed by atoms with van der Waals surface area (Å²) < 4.78 is 5.86. The molecule has 4 unspecified atom stereocenters. The number of carbonyl (C=O) groups is 7. The van der Waals surface area contributed by atoms with Gasteiger partial charge in [0.2, 0.25) is 17.7 Å². The molecular weight excluding hydrogens is 1420 g/mol. The highest BCUT2D eigenvalue weighted by atomic mass is 16.6. The second kappa shape index (κ2) is 30.6. The summed E-state index contributed by atoms with van der Waals surface area (Å²) in [7, 11) is 0. The third kappa shape index (κ3) is 16.1. The zero-order valence-corrected chi connectivity index (χ0v) is 62.6. The average molecular weight is 1510 g/mol. The maximum atomic E-state index is 13.7. The molecular formula is C89H87N15O9. The van der Waals surface area contributed by atoms with Crippen LogP contribution >= 0.6 is 0 Å². The van der Waals surface area contributed by atoms with Crippen molar-refractivity contribution in [2.24, 2.45) is 40.4 Å². The second-order valence-electron chi connectivity index (χ2n) is 32.3. The smallest absolute Gasteiger partial charge is 0.303 e. The Balaban J connectivity index is 0.000000123. The van der Waals surface area contributed by atoms with Crippen molar-refractivity contribution in [2.45, 2.75) is 134 Å². The molecule has 6 aromatic carbocycles. The van der Waals surface area contributed by atoms with E-state index >= 15 is 0 Å². The molecule has 113 heavy (non-hydrogen) atoms. The number of nitrogens with one attached hydrogen (secondary N) is 9. The largest absolute Gasteiger partial charge is 0.459 e. The number of aromatic amines is 3. The van der Waals surface area contributed by atoms with E-state index in [2.05, 4.69) is 66.8 Å². The molecule has 0 spiro atoms. The van der Waals surface area contributed by atoms with E-state index in [1.165, 1.54) is 19.8 Å². The van der Waals surface area contributed by atoms with E-state index in [-0.39, 0.29) is 47.3 Å². The molecule has 9 aliphatic carbocycles. The van der Waals surface area contributed by atoms with Crippen LogP contribution in [0, 0.1) is 40.4 Å². The highest BCUT2D eigenvalue weighted by Gasteiger charge is 2.63. The van der Waals surface area contributed by atoms with Gasteiger partial charge in [-0.3, -0.25) is 48.5 Å². The monoisotopic (exact) mass is 1510 g/mol. The number of ether oxygens (including phenoxy) is 1. The molecule has 9 aliphatic rings. The molecule has 9 fully saturated rings. The van der Waals surface area contributed by atoms with Crippen LogP contribution in [0.15, 0.2) is 201 Å². The maximum Gasteiger partial charge on any atom is 0.303 e. The number of benzene rings is 6. The van der Waals surface area contributed by atoms with Gasteiger partial charge in [-0.1, -0.05) is 37.8 Å². The summed E-state index contributed by atoms with van der Waals surface area (Å²) in [6.45, 7) is 1.47. The third-order valence-electron chi connectivity index (χ3n) is 23.8. The number of esters is 1. The van der Waals surface area contributed by atoms with Gasteiger partial charge in [0.1, 0.15) is 34.5 Å². The standard InChI is InChI=1S/C32H31N5O4.C30H29N5O3.C27H27N5O2/c1-19(38)41-32-16-20-12-21(17-32)15-31(14-20,18-32)30(40)35-23-7-5-22(6-8-23)28-36-25-10-9-24(13-27(25)37-28)34-29(39)26-4-2-3-11-33-26;36-27(24-3-1-2-10-31-24)32-22-8-9-23-25(12-22)35-26(34-23)20-4-6-21(7-5-20)33-28(37)29-13-18-11-19(14-29)16-30(38,15-18)17-29;33-26(19-5-3-1-2-4-6-19)29-21-9-7-18(8-10-21)25-31-23-12-11-22(17-24(23)32-25)30-27(34)20-13-15-28-16-14-20/h2-11,13,20-21H,12,14-18H2,1H3,(H,34,39)(H,35,40)(H,36,37);1-10,12,18-19,38H,11,13-17H2,(H,32,36)(H,33,37)(H,34,35);7-17,19H,1-6H2,(H,29,33)(H,30,34)(H,31,32). The molecule has 24 heteroatoms. The Kier molecular flexibility index (Phi) is 19.8. The first-order valence-corrected chi connectivity index (χ1v) is 39.1. The first-order chi connectivity index (χ1) is 54.8. The minimum absolute atomic E-state index is 0.0277. The molecule has 8 bridgehead atoms. The van der Waals surface area contributed by atoms with Crippen LogP contribution < -0.4 is 31.9 Å². The molecule has 572 valence electrons. The fraction of sp³-hybridized carbons (Fsp3) is 0.315. The highest BCUT2D eigenvalue weighted by molar-refractivity contribution is 6.06. The van der Waals surface area contributed by atoms with Gasteiger partial charge in [0, 0.05) is 100 Å². The van der Waals surface area contributed by atoms with Crippen LogP contribution in [0.25, 0.3) is 67.3 Å². The van der Waals surface area contributed by atoms with Crippen molar-refractivity contribution in [3.05, 3.63) is 218 Å². The highest BCUT2D eigenvalue weighted by Crippen LogP contribution is 2.64. The van der Waals surface area contributed by atoms with Gasteiger partial charge in [-0.05, 0) is 271 Å². The summed E-state index contributed by atoms with van der Waals surface area (Å²) in [4.78, 5) is 125. The van der Waals surface area contributed by atoms with Gasteiger partial charge in [-0.15, -0.1) is 0 Å². The lowest BCUT2D eigenvalue weighted by Gasteiger charge is -2.60. The lowest BCUT2D eigenvalue weighted by Crippen LogP contribution is -2.60. The van der Waals surface area contributed by atoms with E-state index in [4.69, 9.17) is 14.7 Å². The Morgan fingerprint density at radius 3 is 1.22 bits per heavy atom. The van der Waals surface area contributed by atoms with E-state index < -0.39 is 22.0 Å². The number of amides is 6. The molecule has 6 heterocycles. The molecule has 21 rings (SSSR count). The van der Waals surface area contributed by atoms with Gasteiger partial charge in [-0.2, -0.15) is 0 Å². The van der Waals surface area contributed by atoms with Crippen LogP contribution in [0.5, 0.6) is 0 Å². The summed E-state index contributed by atoms with van der Waals surface area (Å²) in [5.74, 6) is 3.23. The number of aromatic nitrogens is 9. The van der Waals surface area contributed by atoms with Crippen LogP contribution in [0.4, 0.5) is 34.1 Å². The zero-order valence-electron chi connectivity index (χ0n) is 62.6. The number of hydrogen-bond acceptors (Lipinski definition) is 15. The summed E-state index contributed by atoms with van der Waals surface area (Å²) in [5, 5.41) is 29.0. The Morgan fingerprint density at radius 2 is 0.814 bits per heavy atom. The Bertz CT molecular complexity index is 5560. The Morgan fingerprint density at radius 1 is 0.416 bits per heavy atom. The van der Waals surface area contributed by atoms with Gasteiger partial charge in [-0.25, -0.2) is 15.0 Å². The lowest BCUT2D eigenvalue weighted by atomic mass is 9.47. The number of hydrogen-bond donors (Lipinski definition) is 10. The number of nitrogens with zero attached hydrogens (tertiary/aromatic N) is 6. The van der Waals surface area contributed by atoms with Crippen molar-refractivity contribution in [1.29, 1.82) is 0 Å². The average Bonchev–Trinajstić information content (AvgIpc) is 1.12. The zero-order chi connectivity index (χ0) is 77.4. The molecule has 10 N–H and O–H groups in total. The van der Waals surface area contributed by atoms with E-state index in [1.54, 1.807) is 73.3 Å². The van der Waals surface area contributed by atoms with Crippen molar-refractivity contribution in [3.8, 4) is 34.2 Å². The van der Waals surface area contributed by atoms with Crippen LogP contribution in [0.1, 0.15) is 154 Å². The Labute approximate surface area is 651 Å². The topological polar surface area (TPSA) is 346 Å². The minimum Gasteiger partial charge on any atom is -0.459 e. The maximum absolute atomic E-state index is 13.7. The first kappa shape index (κ1) is 73.2. The fourth-order valence-corrected chi connectivity index (χ4v) is 19.6. The number of H-pyrrole nitrogens is 3. The normalized spacial score (nSPS) is 23.0. The van der Waals surface area contributed by atoms with Gasteiger partial charge in [0.05, 0.1) is 49.5 Å². The molecule has 0 aliphatic heterocycles. The summed E-state index contributed by atoms with van der Waals surface area (Å²) >= 11 is 0. The number of fused-ring (bicyclic) bond motifs is 3. The number of rotatable bonds is 16. The van der Waals surface area contributed by atoms with Gasteiger partial charge in [0.25, 0.3) is 17.7 Å². The molecule has 6 aromatic heterocycles. The number of imidazole rings is 3. The molecule has 0 saturated heterocycles. The summed E-state index contributed by atoms with van der Waals surface area (Å²) in [6.07, 6.45) is 23.5. The second-order valence-corrected chi connectivity index (χ2v) is 32.3. The van der Waals surface area contributed by atoms with E-state index in [0.29, 0.717) is 82.2 Å². The summed E-state index contributed by atoms with van der Waals surface area (Å²) in [5.41, 5.74) is 10.9. The van der Waals surface area contributed by atoms with Crippen molar-refractivity contribution >= 4 is 109 Å². The molecule has 0 radical (unpaired) electrons. The number of pyridine rings is 3. The number of anilines is 6. The van der Waals surface area contributed by atoms with Crippen LogP contribution in [0.3, 0.4) is 0 Å². The molecule has 9 saturated carbocycles. The lowest BCUT2D eigenvalue weighted by molar-refractivity contribution is -0.200. The molecule has 12 aromatic rings. The number of carbonyl (C=O) groups excluding carboxylic acids is 7. The van der Waals surface area contributed by atoms with Gasteiger partial charge >= 0.3 is 5.97 Å². The van der Waals surface area contributed by atoms with E-state index in [1.807, 2.05) is 127 Å². The SMILES string of the molecule is CC(=O)OC12CC3CC(C1)CC(C(=O)Nc1ccc(-c4nc5ccc(NC(=O)c6ccccn6)cc5[nH]4)cc1)(C3)C2.O=C(Nc1ccc2nc(-c3ccc(NC(=O)C45CC6CC(CC(O)(C6)C4)C5)cc3)[nH]c2c1)c1ccccn1.O=C(Nc1ccc2nc(-c3ccc(NC(=O)C4CCCCCC4)cc3)[nH]c2c1)c1ccncc1. The molecule has 24 nitrogen and oxygen atoms in total. The number of aliphatic hydroxyl groups is 1. The van der Waals surface area contributed by atoms with Crippen molar-refractivity contribution in [2.75, 3.05) is 31.9 Å². The van der Waals surface area contributed by atoms with Gasteiger partial charge < -0.3 is 56.7 Å². The first-order valence-electron chi connectivity index (χ1n) is 39.1. The predicted octanol–water partition coefficient (Wildman–Crippen LogP) is 16.7. The Hall–Kier alpha value is -12.6. The van der Waals surface area contributed by atoms with E-state index in [0.717, 1.165) is 163 Å². The fourth-order valence-electron chi connectivity index (χ4n) is 19.6. The predicted molar refractivity (Wildman–Crippen MR) is 432 cm³/mol. The van der Waals surface area contributed by atoms with Crippen LogP contribution in [0.2, 0.25) is 0 Å². The molecule has 6 amide bonds. The van der Waals surface area contributed by atoms with E-state index in [9.17, 15) is 38.7 Å². The third-order valence-corrected chi connectivity index (χ3v) is 23.8. The van der Waals surface area contributed by atoms with Crippen molar-refractivity contribution in [1.82, 2.24) is 44.9 Å². The summed E-state index contributed by atoms with van der Waals surface area (Å²) in [6, 6.07) is 53.4.